The number of likely N-dealkylation sites (tertiary alicyclic amines) is 1. The van der Waals surface area contributed by atoms with Crippen LogP contribution in [-0.4, -0.2) is 22.5 Å². The predicted molar refractivity (Wildman–Crippen MR) is 72.5 cm³/mol. The van der Waals surface area contributed by atoms with Crippen LogP contribution >= 0.6 is 23.2 Å². The average molecular weight is 273 g/mol. The van der Waals surface area contributed by atoms with Crippen LogP contribution in [0.5, 0.6) is 0 Å². The molecule has 0 saturated carbocycles. The molecule has 0 aliphatic carbocycles. The molecule has 1 aromatic heterocycles. The van der Waals surface area contributed by atoms with Gasteiger partial charge in [-0.05, 0) is 38.3 Å². The Morgan fingerprint density at radius 2 is 2.12 bits per heavy atom. The zero-order valence-electron chi connectivity index (χ0n) is 10.3. The Hall–Kier alpha value is -0.310. The Labute approximate surface area is 113 Å². The highest BCUT2D eigenvalue weighted by Gasteiger charge is 2.25. The molecule has 17 heavy (non-hydrogen) atoms. The zero-order valence-corrected chi connectivity index (χ0v) is 11.8. The minimum absolute atomic E-state index is 0.457. The second-order valence-electron chi connectivity index (χ2n) is 4.91. The third-order valence-corrected chi connectivity index (χ3v) is 4.31. The van der Waals surface area contributed by atoms with Crippen molar-refractivity contribution in [3.63, 3.8) is 0 Å². The van der Waals surface area contributed by atoms with Gasteiger partial charge < -0.3 is 0 Å². The molecule has 0 aromatic carbocycles. The lowest BCUT2D eigenvalue weighted by Gasteiger charge is -2.38. The van der Waals surface area contributed by atoms with E-state index in [0.29, 0.717) is 16.3 Å². The van der Waals surface area contributed by atoms with Gasteiger partial charge in [0.05, 0.1) is 0 Å². The molecule has 0 bridgehead atoms. The summed E-state index contributed by atoms with van der Waals surface area (Å²) in [6, 6.07) is 4.39. The van der Waals surface area contributed by atoms with Gasteiger partial charge in [-0.2, -0.15) is 0 Å². The Morgan fingerprint density at radius 3 is 2.82 bits per heavy atom. The largest absolute Gasteiger partial charge is 0.296 e. The molecule has 1 aromatic rings. The van der Waals surface area contributed by atoms with Gasteiger partial charge >= 0.3 is 0 Å². The monoisotopic (exact) mass is 272 g/mol. The molecule has 0 radical (unpaired) electrons. The lowest BCUT2D eigenvalue weighted by Crippen LogP contribution is -2.41. The van der Waals surface area contributed by atoms with Crippen molar-refractivity contribution in [1.29, 1.82) is 0 Å². The van der Waals surface area contributed by atoms with Crippen molar-refractivity contribution < 1.29 is 0 Å². The Balaban J connectivity index is 2.09. The van der Waals surface area contributed by atoms with Gasteiger partial charge in [0.1, 0.15) is 10.3 Å². The topological polar surface area (TPSA) is 16.1 Å². The molecule has 2 nitrogen and oxygen atoms in total. The fraction of sp³-hybridized carbons (Fsp3) is 0.615. The summed E-state index contributed by atoms with van der Waals surface area (Å²) in [5.74, 6) is 0.753. The first-order valence-corrected chi connectivity index (χ1v) is 6.88. The van der Waals surface area contributed by atoms with Gasteiger partial charge in [-0.3, -0.25) is 4.90 Å². The molecule has 0 N–H and O–H groups in total. The average Bonchev–Trinajstić information content (AvgIpc) is 2.28. The van der Waals surface area contributed by atoms with E-state index in [1.165, 1.54) is 12.8 Å². The molecule has 1 saturated heterocycles. The molecular weight excluding hydrogens is 255 g/mol. The summed E-state index contributed by atoms with van der Waals surface area (Å²) in [5, 5.41) is 0.988. The number of piperidine rings is 1. The fourth-order valence-corrected chi connectivity index (χ4v) is 2.83. The maximum Gasteiger partial charge on any atom is 0.135 e. The van der Waals surface area contributed by atoms with Gasteiger partial charge in [0.15, 0.2) is 0 Å². The Morgan fingerprint density at radius 1 is 1.35 bits per heavy atom. The highest BCUT2D eigenvalue weighted by atomic mass is 35.5. The van der Waals surface area contributed by atoms with Gasteiger partial charge in [0.2, 0.25) is 0 Å². The Kier molecular flexibility index (Phi) is 4.29. The summed E-state index contributed by atoms with van der Waals surface area (Å²) in [7, 11) is 0. The van der Waals surface area contributed by atoms with Gasteiger partial charge in [-0.25, -0.2) is 4.98 Å². The SMILES string of the molecule is CC1CCCN(Cc2ccc(Cl)nc2Cl)C1C. The van der Waals surface area contributed by atoms with Crippen LogP contribution in [0.1, 0.15) is 32.3 Å². The minimum Gasteiger partial charge on any atom is -0.296 e. The van der Waals surface area contributed by atoms with E-state index in [1.807, 2.05) is 6.07 Å². The third-order valence-electron chi connectivity index (χ3n) is 3.77. The van der Waals surface area contributed by atoms with Gasteiger partial charge in [0.25, 0.3) is 0 Å². The van der Waals surface area contributed by atoms with Crippen LogP contribution in [0.3, 0.4) is 0 Å². The molecule has 1 fully saturated rings. The maximum atomic E-state index is 6.11. The molecule has 2 atom stereocenters. The van der Waals surface area contributed by atoms with Crippen LogP contribution in [0.25, 0.3) is 0 Å². The lowest BCUT2D eigenvalue weighted by atomic mass is 9.92. The van der Waals surface area contributed by atoms with E-state index in [4.69, 9.17) is 23.2 Å². The van der Waals surface area contributed by atoms with E-state index in [0.717, 1.165) is 24.6 Å². The van der Waals surface area contributed by atoms with Crippen LogP contribution in [0.2, 0.25) is 10.3 Å². The van der Waals surface area contributed by atoms with Crippen molar-refractivity contribution >= 4 is 23.2 Å². The van der Waals surface area contributed by atoms with Gasteiger partial charge in [-0.15, -0.1) is 0 Å². The summed E-state index contributed by atoms with van der Waals surface area (Å²) >= 11 is 11.9. The third kappa shape index (κ3) is 3.12. The highest BCUT2D eigenvalue weighted by Crippen LogP contribution is 2.26. The molecule has 4 heteroatoms. The number of pyridine rings is 1. The van der Waals surface area contributed by atoms with E-state index in [9.17, 15) is 0 Å². The van der Waals surface area contributed by atoms with Crippen molar-refractivity contribution in [3.8, 4) is 0 Å². The van der Waals surface area contributed by atoms with Crippen LogP contribution < -0.4 is 0 Å². The van der Waals surface area contributed by atoms with Crippen LogP contribution in [0.4, 0.5) is 0 Å². The van der Waals surface area contributed by atoms with Crippen molar-refractivity contribution in [2.75, 3.05) is 6.54 Å². The minimum atomic E-state index is 0.457. The van der Waals surface area contributed by atoms with Gasteiger partial charge in [-0.1, -0.05) is 36.2 Å². The molecule has 2 heterocycles. The molecule has 2 unspecified atom stereocenters. The first kappa shape index (κ1) is 13.1. The zero-order chi connectivity index (χ0) is 12.4. The van der Waals surface area contributed by atoms with E-state index in [-0.39, 0.29) is 0 Å². The molecule has 2 rings (SSSR count). The van der Waals surface area contributed by atoms with E-state index >= 15 is 0 Å². The standard InChI is InChI=1S/C13H18Cl2N2/c1-9-4-3-7-17(10(9)2)8-11-5-6-12(14)16-13(11)15/h5-6,9-10H,3-4,7-8H2,1-2H3. The number of hydrogen-bond acceptors (Lipinski definition) is 2. The molecular formula is C13H18Cl2N2. The van der Waals surface area contributed by atoms with Crippen LogP contribution in [0.15, 0.2) is 12.1 Å². The predicted octanol–water partition coefficient (Wildman–Crippen LogP) is 4.01. The Bertz CT molecular complexity index is 395. The number of nitrogens with zero attached hydrogens (tertiary/aromatic N) is 2. The first-order valence-electron chi connectivity index (χ1n) is 6.13. The second-order valence-corrected chi connectivity index (χ2v) is 5.66. The highest BCUT2D eigenvalue weighted by molar-refractivity contribution is 6.32. The number of halogens is 2. The summed E-state index contributed by atoms with van der Waals surface area (Å²) in [5.41, 5.74) is 1.07. The maximum absolute atomic E-state index is 6.11. The first-order chi connectivity index (χ1) is 8.08. The van der Waals surface area contributed by atoms with Crippen LogP contribution in [0, 0.1) is 5.92 Å². The van der Waals surface area contributed by atoms with Crippen molar-refractivity contribution in [3.05, 3.63) is 28.0 Å². The molecule has 1 aliphatic heterocycles. The molecule has 94 valence electrons. The summed E-state index contributed by atoms with van der Waals surface area (Å²) in [4.78, 5) is 6.56. The van der Waals surface area contributed by atoms with E-state index in [2.05, 4.69) is 23.7 Å². The van der Waals surface area contributed by atoms with Crippen LogP contribution in [-0.2, 0) is 6.54 Å². The van der Waals surface area contributed by atoms with Crippen molar-refractivity contribution in [1.82, 2.24) is 9.88 Å². The second kappa shape index (κ2) is 5.55. The number of aromatic nitrogens is 1. The van der Waals surface area contributed by atoms with E-state index < -0.39 is 0 Å². The van der Waals surface area contributed by atoms with Crippen molar-refractivity contribution in [2.45, 2.75) is 39.3 Å². The normalized spacial score (nSPS) is 26.1. The van der Waals surface area contributed by atoms with E-state index in [1.54, 1.807) is 6.07 Å². The fourth-order valence-electron chi connectivity index (χ4n) is 2.42. The summed E-state index contributed by atoms with van der Waals surface area (Å²) in [6.45, 7) is 6.62. The number of hydrogen-bond donors (Lipinski definition) is 0. The quantitative estimate of drug-likeness (QED) is 0.757. The number of rotatable bonds is 2. The summed E-state index contributed by atoms with van der Waals surface area (Å²) in [6.07, 6.45) is 2.59. The molecule has 1 aliphatic rings. The molecule has 0 amide bonds. The van der Waals surface area contributed by atoms with Crippen molar-refractivity contribution in [2.24, 2.45) is 5.92 Å². The molecule has 0 spiro atoms. The smallest absolute Gasteiger partial charge is 0.135 e. The lowest BCUT2D eigenvalue weighted by molar-refractivity contribution is 0.106. The van der Waals surface area contributed by atoms with Gasteiger partial charge in [0, 0.05) is 18.2 Å². The summed E-state index contributed by atoms with van der Waals surface area (Å²) < 4.78 is 0.